The molecule has 0 aliphatic heterocycles. The van der Waals surface area contributed by atoms with Crippen LogP contribution < -0.4 is 0 Å². The molecule has 154 valence electrons. The Morgan fingerprint density at radius 2 is 1.52 bits per heavy atom. The van der Waals surface area contributed by atoms with Crippen LogP contribution in [0, 0.1) is 0 Å². The first-order valence-electron chi connectivity index (χ1n) is 9.32. The van der Waals surface area contributed by atoms with E-state index in [1.54, 1.807) is 48.5 Å². The number of hydrogen-bond donors (Lipinski definition) is 1. The number of rotatable bonds is 5. The number of aromatic nitrogens is 1. The molecule has 0 spiro atoms. The Morgan fingerprint density at radius 3 is 2.13 bits per heavy atom. The Labute approximate surface area is 178 Å². The third-order valence-electron chi connectivity index (χ3n) is 4.92. The van der Waals surface area contributed by atoms with E-state index in [1.165, 1.54) is 24.3 Å². The van der Waals surface area contributed by atoms with Crippen LogP contribution in [0.15, 0.2) is 83.8 Å². The smallest absolute Gasteiger partial charge is 0.336 e. The van der Waals surface area contributed by atoms with Crippen LogP contribution in [0.1, 0.15) is 26.3 Å². The summed E-state index contributed by atoms with van der Waals surface area (Å²) in [5, 5.41) is 10.1. The van der Waals surface area contributed by atoms with Gasteiger partial charge in [0.05, 0.1) is 21.7 Å². The van der Waals surface area contributed by atoms with Crippen molar-refractivity contribution in [2.24, 2.45) is 0 Å². The molecular formula is C24H17NO5S. The van der Waals surface area contributed by atoms with E-state index < -0.39 is 15.8 Å². The number of nitrogens with zero attached hydrogens (tertiary/aromatic N) is 1. The number of benzene rings is 3. The first kappa shape index (κ1) is 20.4. The SMILES string of the molecule is CS(=O)(=O)c1ccc(-c2cc(C(=O)O)c3cc(C(=O)c4ccccc4)ccc3n2)cc1. The van der Waals surface area contributed by atoms with Gasteiger partial charge in [-0.2, -0.15) is 0 Å². The topological polar surface area (TPSA) is 101 Å². The molecule has 0 fully saturated rings. The van der Waals surface area contributed by atoms with Crippen LogP contribution in [0.2, 0.25) is 0 Å². The number of carbonyl (C=O) groups excluding carboxylic acids is 1. The van der Waals surface area contributed by atoms with Crippen LogP contribution in [0.3, 0.4) is 0 Å². The minimum absolute atomic E-state index is 0.00917. The summed E-state index contributed by atoms with van der Waals surface area (Å²) in [7, 11) is -3.34. The van der Waals surface area contributed by atoms with E-state index in [2.05, 4.69) is 4.98 Å². The van der Waals surface area contributed by atoms with Gasteiger partial charge in [-0.05, 0) is 36.4 Å². The highest BCUT2D eigenvalue weighted by atomic mass is 32.2. The second-order valence-corrected chi connectivity index (χ2v) is 9.10. The van der Waals surface area contributed by atoms with Gasteiger partial charge >= 0.3 is 5.97 Å². The van der Waals surface area contributed by atoms with Gasteiger partial charge in [-0.15, -0.1) is 0 Å². The average Bonchev–Trinajstić information content (AvgIpc) is 2.77. The van der Waals surface area contributed by atoms with Gasteiger partial charge in [-0.3, -0.25) is 4.79 Å². The van der Waals surface area contributed by atoms with Crippen molar-refractivity contribution in [2.45, 2.75) is 4.90 Å². The van der Waals surface area contributed by atoms with Gasteiger partial charge in [0.2, 0.25) is 0 Å². The van der Waals surface area contributed by atoms with Crippen LogP contribution >= 0.6 is 0 Å². The number of pyridine rings is 1. The van der Waals surface area contributed by atoms with Gasteiger partial charge in [-0.1, -0.05) is 42.5 Å². The summed E-state index contributed by atoms with van der Waals surface area (Å²) >= 11 is 0. The maximum Gasteiger partial charge on any atom is 0.336 e. The first-order valence-corrected chi connectivity index (χ1v) is 11.2. The second-order valence-electron chi connectivity index (χ2n) is 7.08. The van der Waals surface area contributed by atoms with Crippen molar-refractivity contribution >= 4 is 32.5 Å². The fourth-order valence-electron chi connectivity index (χ4n) is 3.32. The van der Waals surface area contributed by atoms with E-state index in [4.69, 9.17) is 0 Å². The molecule has 1 N–H and O–H groups in total. The summed E-state index contributed by atoms with van der Waals surface area (Å²) in [5.41, 5.74) is 2.29. The highest BCUT2D eigenvalue weighted by molar-refractivity contribution is 7.90. The van der Waals surface area contributed by atoms with Gasteiger partial charge in [0.25, 0.3) is 0 Å². The van der Waals surface area contributed by atoms with Crippen molar-refractivity contribution in [3.05, 3.63) is 95.6 Å². The summed E-state index contributed by atoms with van der Waals surface area (Å²) in [4.78, 5) is 29.4. The molecule has 31 heavy (non-hydrogen) atoms. The van der Waals surface area contributed by atoms with E-state index >= 15 is 0 Å². The molecule has 0 aliphatic carbocycles. The van der Waals surface area contributed by atoms with Gasteiger partial charge in [0.15, 0.2) is 15.6 Å². The Morgan fingerprint density at radius 1 is 0.839 bits per heavy atom. The standard InChI is InChI=1S/C24H17NO5S/c1-31(29,30)18-10-7-15(8-11-18)22-14-20(24(27)28)19-13-17(9-12-21(19)25-22)23(26)16-5-3-2-4-6-16/h2-14H,1H3,(H,27,28). The van der Waals surface area contributed by atoms with E-state index in [9.17, 15) is 23.1 Å². The van der Waals surface area contributed by atoms with E-state index in [-0.39, 0.29) is 16.2 Å². The van der Waals surface area contributed by atoms with Crippen molar-refractivity contribution in [1.82, 2.24) is 4.98 Å². The molecule has 0 bridgehead atoms. The number of sulfone groups is 1. The Hall–Kier alpha value is -3.84. The number of aromatic carboxylic acids is 1. The van der Waals surface area contributed by atoms with Gasteiger partial charge in [-0.25, -0.2) is 18.2 Å². The molecule has 6 nitrogen and oxygen atoms in total. The highest BCUT2D eigenvalue weighted by Gasteiger charge is 2.17. The van der Waals surface area contributed by atoms with Crippen molar-refractivity contribution in [1.29, 1.82) is 0 Å². The zero-order valence-electron chi connectivity index (χ0n) is 16.4. The van der Waals surface area contributed by atoms with Crippen molar-refractivity contribution in [3.8, 4) is 11.3 Å². The van der Waals surface area contributed by atoms with E-state index in [0.29, 0.717) is 33.3 Å². The lowest BCUT2D eigenvalue weighted by Gasteiger charge is -2.09. The molecule has 1 aromatic heterocycles. The quantitative estimate of drug-likeness (QED) is 0.475. The van der Waals surface area contributed by atoms with E-state index in [0.717, 1.165) is 6.26 Å². The molecule has 0 aliphatic rings. The zero-order valence-corrected chi connectivity index (χ0v) is 17.3. The average molecular weight is 431 g/mol. The highest BCUT2D eigenvalue weighted by Crippen LogP contribution is 2.27. The minimum atomic E-state index is -3.34. The van der Waals surface area contributed by atoms with E-state index in [1.807, 2.05) is 6.07 Å². The minimum Gasteiger partial charge on any atom is -0.478 e. The lowest BCUT2D eigenvalue weighted by atomic mass is 9.98. The largest absolute Gasteiger partial charge is 0.478 e. The van der Waals surface area contributed by atoms with Gasteiger partial charge in [0, 0.05) is 28.3 Å². The third kappa shape index (κ3) is 4.08. The molecule has 0 atom stereocenters. The molecule has 0 unspecified atom stereocenters. The van der Waals surface area contributed by atoms with Crippen molar-refractivity contribution in [2.75, 3.05) is 6.26 Å². The predicted molar refractivity (Wildman–Crippen MR) is 117 cm³/mol. The molecule has 3 aromatic carbocycles. The third-order valence-corrected chi connectivity index (χ3v) is 6.04. The van der Waals surface area contributed by atoms with Gasteiger partial charge < -0.3 is 5.11 Å². The normalized spacial score (nSPS) is 11.4. The van der Waals surface area contributed by atoms with Crippen LogP contribution in [-0.4, -0.2) is 36.5 Å². The molecule has 7 heteroatoms. The zero-order chi connectivity index (χ0) is 22.2. The molecule has 0 saturated heterocycles. The number of carboxylic acid groups (broad SMARTS) is 1. The monoisotopic (exact) mass is 431 g/mol. The maximum atomic E-state index is 12.8. The lowest BCUT2D eigenvalue weighted by molar-refractivity contribution is 0.0698. The fourth-order valence-corrected chi connectivity index (χ4v) is 3.95. The molecule has 0 saturated carbocycles. The summed E-state index contributed by atoms with van der Waals surface area (Å²) < 4.78 is 23.3. The summed E-state index contributed by atoms with van der Waals surface area (Å²) in [6.45, 7) is 0. The fraction of sp³-hybridized carbons (Fsp3) is 0.0417. The molecule has 4 rings (SSSR count). The maximum absolute atomic E-state index is 12.8. The lowest BCUT2D eigenvalue weighted by Crippen LogP contribution is -2.04. The van der Waals surface area contributed by atoms with Crippen molar-refractivity contribution in [3.63, 3.8) is 0 Å². The number of fused-ring (bicyclic) bond motifs is 1. The van der Waals surface area contributed by atoms with Crippen LogP contribution in [0.25, 0.3) is 22.2 Å². The molecule has 0 amide bonds. The predicted octanol–water partition coefficient (Wildman–Crippen LogP) is 4.23. The molecule has 4 aromatic rings. The van der Waals surface area contributed by atoms with Gasteiger partial charge in [0.1, 0.15) is 0 Å². The number of carboxylic acids is 1. The van der Waals surface area contributed by atoms with Crippen LogP contribution in [0.5, 0.6) is 0 Å². The molecular weight excluding hydrogens is 414 g/mol. The first-order chi connectivity index (χ1) is 14.7. The summed E-state index contributed by atoms with van der Waals surface area (Å²) in [6, 6.07) is 21.0. The summed E-state index contributed by atoms with van der Waals surface area (Å²) in [6.07, 6.45) is 1.12. The Bertz CT molecular complexity index is 1430. The Kier molecular flexibility index (Phi) is 5.12. The van der Waals surface area contributed by atoms with Crippen LogP contribution in [0.4, 0.5) is 0 Å². The summed E-state index contributed by atoms with van der Waals surface area (Å²) in [5.74, 6) is -1.36. The Balaban J connectivity index is 1.82. The number of carbonyl (C=O) groups is 2. The molecule has 0 radical (unpaired) electrons. The van der Waals surface area contributed by atoms with Crippen LogP contribution in [-0.2, 0) is 9.84 Å². The number of ketones is 1. The van der Waals surface area contributed by atoms with Crippen molar-refractivity contribution < 1.29 is 23.1 Å². The number of hydrogen-bond acceptors (Lipinski definition) is 5. The molecule has 1 heterocycles. The second kappa shape index (κ2) is 7.77.